The van der Waals surface area contributed by atoms with Gasteiger partial charge in [-0.05, 0) is 43.3 Å². The molecule has 0 aliphatic heterocycles. The van der Waals surface area contributed by atoms with Crippen LogP contribution in [-0.2, 0) is 4.79 Å². The molecule has 0 saturated heterocycles. The summed E-state index contributed by atoms with van der Waals surface area (Å²) in [6.07, 6.45) is 3.28. The number of thioether (sulfide) groups is 1. The molecule has 6 nitrogen and oxygen atoms in total. The molecule has 2 aromatic heterocycles. The van der Waals surface area contributed by atoms with Crippen LogP contribution in [0, 0.1) is 0 Å². The number of hydrogen-bond donors (Lipinski definition) is 2. The van der Waals surface area contributed by atoms with Gasteiger partial charge in [0.2, 0.25) is 5.91 Å². The zero-order chi connectivity index (χ0) is 21.1. The second-order valence-electron chi connectivity index (χ2n) is 6.18. The summed E-state index contributed by atoms with van der Waals surface area (Å²) < 4.78 is 2.67. The Hall–Kier alpha value is -2.27. The molecule has 2 heterocycles. The van der Waals surface area contributed by atoms with Crippen LogP contribution in [0.2, 0.25) is 0 Å². The van der Waals surface area contributed by atoms with E-state index in [1.165, 1.54) is 34.4 Å². The molecule has 0 fully saturated rings. The number of phenolic OH excluding ortho intramolecular Hbond substituents is 1. The minimum atomic E-state index is -0.300. The van der Waals surface area contributed by atoms with Gasteiger partial charge in [0, 0.05) is 27.8 Å². The lowest BCUT2D eigenvalue weighted by Crippen LogP contribution is -2.22. The molecule has 1 atom stereocenters. The molecule has 30 heavy (non-hydrogen) atoms. The molecule has 2 N–H and O–H groups in total. The summed E-state index contributed by atoms with van der Waals surface area (Å²) in [5.74, 6) is 0.0674. The van der Waals surface area contributed by atoms with Gasteiger partial charge in [0.15, 0.2) is 9.47 Å². The second kappa shape index (κ2) is 9.25. The Morgan fingerprint density at radius 2 is 2.20 bits per heavy atom. The number of halogens is 1. The average Bonchev–Trinajstić information content (AvgIpc) is 3.37. The van der Waals surface area contributed by atoms with Crippen molar-refractivity contribution in [2.75, 3.05) is 5.32 Å². The minimum Gasteiger partial charge on any atom is -0.507 e. The van der Waals surface area contributed by atoms with Crippen molar-refractivity contribution < 1.29 is 9.90 Å². The number of carbonyl (C=O) groups excluding carboxylic acids is 1. The van der Waals surface area contributed by atoms with E-state index in [0.29, 0.717) is 10.7 Å². The first kappa shape index (κ1) is 21.0. The first-order chi connectivity index (χ1) is 14.5. The Morgan fingerprint density at radius 3 is 3.00 bits per heavy atom. The number of phenols is 1. The summed E-state index contributed by atoms with van der Waals surface area (Å²) in [6.45, 7) is 1.85. The van der Waals surface area contributed by atoms with Crippen LogP contribution < -0.4 is 5.32 Å². The quantitative estimate of drug-likeness (QED) is 0.238. The van der Waals surface area contributed by atoms with E-state index < -0.39 is 0 Å². The lowest BCUT2D eigenvalue weighted by molar-refractivity contribution is -0.115. The van der Waals surface area contributed by atoms with Crippen LogP contribution in [0.25, 0.3) is 10.2 Å². The molecule has 0 aliphatic rings. The Bertz CT molecular complexity index is 1220. The molecule has 0 radical (unpaired) electrons. The molecule has 152 valence electrons. The van der Waals surface area contributed by atoms with Crippen molar-refractivity contribution >= 4 is 83.5 Å². The third-order valence-corrected chi connectivity index (χ3v) is 7.40. The smallest absolute Gasteiger partial charge is 0.239 e. The topological polar surface area (TPSA) is 87.5 Å². The number of carbonyl (C=O) groups is 1. The second-order valence-corrected chi connectivity index (χ2v) is 10.6. The van der Waals surface area contributed by atoms with Gasteiger partial charge in [-0.15, -0.1) is 22.7 Å². The van der Waals surface area contributed by atoms with Crippen molar-refractivity contribution in [1.29, 1.82) is 0 Å². The number of fused-ring (bicyclic) bond motifs is 1. The summed E-state index contributed by atoms with van der Waals surface area (Å²) in [4.78, 5) is 25.5. The lowest BCUT2D eigenvalue weighted by Gasteiger charge is -2.07. The summed E-state index contributed by atoms with van der Waals surface area (Å²) >= 11 is 7.71. The number of nitrogens with one attached hydrogen (secondary N) is 1. The molecule has 10 heteroatoms. The third-order valence-electron chi connectivity index (χ3n) is 4.00. The SMILES string of the molecule is C[C@H](Sc1nc2ccc(N=Cc3cc(Br)ccc3O)cc2s1)C(=O)Nc1nccs1. The Labute approximate surface area is 193 Å². The summed E-state index contributed by atoms with van der Waals surface area (Å²) in [5.41, 5.74) is 2.25. The molecule has 0 saturated carbocycles. The van der Waals surface area contributed by atoms with E-state index >= 15 is 0 Å². The molecule has 0 aliphatic carbocycles. The van der Waals surface area contributed by atoms with Crippen molar-refractivity contribution in [2.45, 2.75) is 16.5 Å². The number of rotatable bonds is 6. The molecule has 0 spiro atoms. The standard InChI is InChI=1S/C20H15BrN4O2S3/c1-11(18(27)25-19-22-6-7-28-19)29-20-24-15-4-3-14(9-17(15)30-20)23-10-12-8-13(21)2-5-16(12)26/h2-11,26H,1H3,(H,22,25,27)/t11-/m0/s1. The number of benzene rings is 2. The Kier molecular flexibility index (Phi) is 6.47. The van der Waals surface area contributed by atoms with Gasteiger partial charge in [0.05, 0.1) is 21.2 Å². The number of nitrogens with zero attached hydrogens (tertiary/aromatic N) is 3. The Balaban J connectivity index is 1.47. The van der Waals surface area contributed by atoms with Crippen LogP contribution >= 0.6 is 50.4 Å². The largest absolute Gasteiger partial charge is 0.507 e. The molecule has 4 aromatic rings. The number of aromatic nitrogens is 2. The van der Waals surface area contributed by atoms with Crippen LogP contribution in [0.5, 0.6) is 5.75 Å². The van der Waals surface area contributed by atoms with Gasteiger partial charge in [-0.25, -0.2) is 9.97 Å². The summed E-state index contributed by atoms with van der Waals surface area (Å²) in [5, 5.41) is 14.9. The van der Waals surface area contributed by atoms with E-state index in [0.717, 1.165) is 24.7 Å². The van der Waals surface area contributed by atoms with Crippen LogP contribution in [0.15, 0.2) is 61.8 Å². The summed E-state index contributed by atoms with van der Waals surface area (Å²) in [7, 11) is 0. The molecule has 0 bridgehead atoms. The van der Waals surface area contributed by atoms with Crippen molar-refractivity contribution in [2.24, 2.45) is 4.99 Å². The van der Waals surface area contributed by atoms with Gasteiger partial charge in [-0.3, -0.25) is 9.79 Å². The van der Waals surface area contributed by atoms with Crippen LogP contribution in [0.4, 0.5) is 10.8 Å². The number of aromatic hydroxyl groups is 1. The number of aliphatic imine (C=N–C) groups is 1. The summed E-state index contributed by atoms with van der Waals surface area (Å²) in [6, 6.07) is 10.9. The highest BCUT2D eigenvalue weighted by Crippen LogP contribution is 2.34. The number of anilines is 1. The van der Waals surface area contributed by atoms with E-state index in [9.17, 15) is 9.90 Å². The van der Waals surface area contributed by atoms with Crippen molar-refractivity contribution in [3.8, 4) is 5.75 Å². The lowest BCUT2D eigenvalue weighted by atomic mass is 10.2. The van der Waals surface area contributed by atoms with Crippen molar-refractivity contribution in [3.63, 3.8) is 0 Å². The third kappa shape index (κ3) is 5.07. The number of amides is 1. The van der Waals surface area contributed by atoms with Gasteiger partial charge >= 0.3 is 0 Å². The average molecular weight is 519 g/mol. The maximum absolute atomic E-state index is 12.3. The van der Waals surface area contributed by atoms with Gasteiger partial charge in [0.1, 0.15) is 5.75 Å². The van der Waals surface area contributed by atoms with Crippen molar-refractivity contribution in [1.82, 2.24) is 9.97 Å². The van der Waals surface area contributed by atoms with E-state index in [-0.39, 0.29) is 16.9 Å². The molecular weight excluding hydrogens is 504 g/mol. The highest BCUT2D eigenvalue weighted by atomic mass is 79.9. The van der Waals surface area contributed by atoms with Gasteiger partial charge in [-0.2, -0.15) is 0 Å². The first-order valence-corrected chi connectivity index (χ1v) is 12.1. The minimum absolute atomic E-state index is 0.103. The van der Waals surface area contributed by atoms with Crippen LogP contribution in [-0.4, -0.2) is 32.4 Å². The first-order valence-electron chi connectivity index (χ1n) is 8.78. The fraction of sp³-hybridized carbons (Fsp3) is 0.100. The van der Waals surface area contributed by atoms with E-state index in [1.54, 1.807) is 30.6 Å². The highest BCUT2D eigenvalue weighted by molar-refractivity contribution is 9.10. The molecule has 4 rings (SSSR count). The number of thiazole rings is 2. The maximum atomic E-state index is 12.3. The maximum Gasteiger partial charge on any atom is 0.239 e. The van der Waals surface area contributed by atoms with Crippen molar-refractivity contribution in [3.05, 3.63) is 58.0 Å². The van der Waals surface area contributed by atoms with Gasteiger partial charge < -0.3 is 10.4 Å². The molecule has 2 aromatic carbocycles. The highest BCUT2D eigenvalue weighted by Gasteiger charge is 2.18. The normalized spacial score (nSPS) is 12.5. The molecular formula is C20H15BrN4O2S3. The van der Waals surface area contributed by atoms with Crippen LogP contribution in [0.3, 0.4) is 0 Å². The van der Waals surface area contributed by atoms with Gasteiger partial charge in [-0.1, -0.05) is 27.7 Å². The van der Waals surface area contributed by atoms with E-state index in [2.05, 4.69) is 36.2 Å². The number of hydrogen-bond acceptors (Lipinski definition) is 8. The zero-order valence-electron chi connectivity index (χ0n) is 15.6. The fourth-order valence-corrected chi connectivity index (χ4v) is 5.65. The molecule has 1 amide bonds. The predicted octanol–water partition coefficient (Wildman–Crippen LogP) is 6.09. The molecule has 0 unspecified atom stereocenters. The van der Waals surface area contributed by atoms with E-state index in [1.807, 2.05) is 30.5 Å². The monoisotopic (exact) mass is 518 g/mol. The zero-order valence-corrected chi connectivity index (χ0v) is 19.6. The predicted molar refractivity (Wildman–Crippen MR) is 129 cm³/mol. The van der Waals surface area contributed by atoms with Crippen LogP contribution in [0.1, 0.15) is 12.5 Å². The Morgan fingerprint density at radius 1 is 1.33 bits per heavy atom. The van der Waals surface area contributed by atoms with Gasteiger partial charge in [0.25, 0.3) is 0 Å². The fourth-order valence-electron chi connectivity index (χ4n) is 2.49. The van der Waals surface area contributed by atoms with E-state index in [4.69, 9.17) is 0 Å².